The summed E-state index contributed by atoms with van der Waals surface area (Å²) in [6.45, 7) is 0. The van der Waals surface area contributed by atoms with Crippen LogP contribution in [0.4, 0.5) is 11.4 Å². The average Bonchev–Trinajstić information content (AvgIpc) is 3.03. The van der Waals surface area contributed by atoms with Crippen LogP contribution < -0.4 is 45.5 Å². The minimum atomic E-state index is -1.32. The maximum absolute atomic E-state index is 12.5. The average molecular weight is 419 g/mol. The maximum Gasteiger partial charge on any atom is 1.00 e. The summed E-state index contributed by atoms with van der Waals surface area (Å²) in [5, 5.41) is 15.9. The van der Waals surface area contributed by atoms with Gasteiger partial charge in [0.05, 0.1) is 32.9 Å². The summed E-state index contributed by atoms with van der Waals surface area (Å²) in [7, 11) is 0. The van der Waals surface area contributed by atoms with Crippen LogP contribution in [0.5, 0.6) is 0 Å². The molecule has 5 nitrogen and oxygen atoms in total. The number of rotatable bonds is 4. The Hall–Kier alpha value is -2.09. The molecule has 0 unspecified atom stereocenters. The van der Waals surface area contributed by atoms with Gasteiger partial charge in [-0.15, -0.1) is 11.3 Å². The van der Waals surface area contributed by atoms with E-state index in [0.29, 0.717) is 32.3 Å². The molecule has 0 amide bonds. The number of anilines is 2. The monoisotopic (exact) mass is 418 g/mol. The van der Waals surface area contributed by atoms with Crippen molar-refractivity contribution in [1.29, 1.82) is 0 Å². The number of nitrogens with one attached hydrogen (secondary N) is 1. The van der Waals surface area contributed by atoms with Crippen LogP contribution in [0, 0.1) is 0 Å². The number of aromatic carboxylic acids is 1. The van der Waals surface area contributed by atoms with E-state index in [4.69, 9.17) is 11.6 Å². The minimum absolute atomic E-state index is 0. The van der Waals surface area contributed by atoms with Gasteiger partial charge in [-0.1, -0.05) is 41.9 Å². The van der Waals surface area contributed by atoms with Crippen molar-refractivity contribution >= 4 is 50.5 Å². The number of halogens is 1. The van der Waals surface area contributed by atoms with E-state index in [9.17, 15) is 14.7 Å². The summed E-state index contributed by atoms with van der Waals surface area (Å²) in [6.07, 6.45) is 0. The molecule has 1 N–H and O–H groups in total. The number of benzene rings is 2. The predicted molar refractivity (Wildman–Crippen MR) is 106 cm³/mol. The predicted octanol–water partition coefficient (Wildman–Crippen LogP) is 0.817. The third kappa shape index (κ3) is 3.74. The Morgan fingerprint density at radius 3 is 2.36 bits per heavy atom. The van der Waals surface area contributed by atoms with E-state index >= 15 is 0 Å². The fraction of sp³-hybridized carbons (Fsp3) is 0. The van der Waals surface area contributed by atoms with Crippen molar-refractivity contribution in [2.75, 3.05) is 5.32 Å². The standard InChI is InChI=1S/C20H13ClN2O3S.Na/c21-14-8-4-5-9-15(14)22-17-13-10-11-16(24)23(12-6-2-1-3-7-12)19(13)27-18(17)20(25)26;/h1-11,22H,(H,25,26);/q;+1/p-1. The number of nitrogens with zero attached hydrogens (tertiary/aromatic N) is 1. The molecular formula is C20H12ClN2NaO3S. The van der Waals surface area contributed by atoms with Gasteiger partial charge in [0.25, 0.3) is 5.56 Å². The Kier molecular flexibility index (Phi) is 6.27. The molecule has 2 aromatic carbocycles. The third-order valence-electron chi connectivity index (χ3n) is 4.07. The summed E-state index contributed by atoms with van der Waals surface area (Å²) in [6, 6.07) is 19.1. The number of carboxylic acids is 1. The van der Waals surface area contributed by atoms with Gasteiger partial charge in [-0.05, 0) is 30.3 Å². The zero-order valence-electron chi connectivity index (χ0n) is 14.8. The molecule has 0 aliphatic rings. The largest absolute Gasteiger partial charge is 1.00 e. The Bertz CT molecular complexity index is 1220. The van der Waals surface area contributed by atoms with E-state index in [0.717, 1.165) is 11.3 Å². The first kappa shape index (κ1) is 20.6. The van der Waals surface area contributed by atoms with E-state index in [-0.39, 0.29) is 40.0 Å². The molecule has 0 bridgehead atoms. The topological polar surface area (TPSA) is 74.2 Å². The molecule has 2 aromatic heterocycles. The van der Waals surface area contributed by atoms with Gasteiger partial charge in [-0.2, -0.15) is 0 Å². The second kappa shape index (κ2) is 8.51. The summed E-state index contributed by atoms with van der Waals surface area (Å²) in [5.41, 5.74) is 1.33. The second-order valence-corrected chi connectivity index (χ2v) is 7.17. The van der Waals surface area contributed by atoms with Gasteiger partial charge in [0, 0.05) is 11.5 Å². The van der Waals surface area contributed by atoms with Gasteiger partial charge in [0.15, 0.2) is 0 Å². The van der Waals surface area contributed by atoms with E-state index in [1.54, 1.807) is 42.5 Å². The second-order valence-electron chi connectivity index (χ2n) is 5.76. The molecule has 0 spiro atoms. The van der Waals surface area contributed by atoms with Gasteiger partial charge in [0.2, 0.25) is 0 Å². The Morgan fingerprint density at radius 1 is 1.00 bits per heavy atom. The Labute approximate surface area is 191 Å². The third-order valence-corrected chi connectivity index (χ3v) is 5.58. The number of hydrogen-bond acceptors (Lipinski definition) is 5. The van der Waals surface area contributed by atoms with Crippen LogP contribution in [0.1, 0.15) is 9.67 Å². The molecular weight excluding hydrogens is 407 g/mol. The van der Waals surface area contributed by atoms with Crippen molar-refractivity contribution in [3.8, 4) is 5.69 Å². The van der Waals surface area contributed by atoms with Gasteiger partial charge in [-0.25, -0.2) is 0 Å². The van der Waals surface area contributed by atoms with Crippen molar-refractivity contribution < 1.29 is 39.5 Å². The normalized spacial score (nSPS) is 10.5. The van der Waals surface area contributed by atoms with Crippen molar-refractivity contribution in [3.63, 3.8) is 0 Å². The number of carbonyl (C=O) groups excluding carboxylic acids is 1. The van der Waals surface area contributed by atoms with Crippen LogP contribution >= 0.6 is 22.9 Å². The van der Waals surface area contributed by atoms with Gasteiger partial charge < -0.3 is 15.2 Å². The first-order chi connectivity index (χ1) is 13.1. The molecule has 134 valence electrons. The smallest absolute Gasteiger partial charge is 0.544 e. The van der Waals surface area contributed by atoms with E-state index in [1.165, 1.54) is 10.6 Å². The molecule has 0 radical (unpaired) electrons. The van der Waals surface area contributed by atoms with Crippen LogP contribution in [0.15, 0.2) is 71.5 Å². The molecule has 4 aromatic rings. The molecule has 0 fully saturated rings. The summed E-state index contributed by atoms with van der Waals surface area (Å²) < 4.78 is 1.49. The van der Waals surface area contributed by atoms with Crippen LogP contribution in [0.3, 0.4) is 0 Å². The summed E-state index contributed by atoms with van der Waals surface area (Å²) in [4.78, 5) is 24.8. The molecule has 0 aliphatic carbocycles. The number of para-hydroxylation sites is 2. The fourth-order valence-electron chi connectivity index (χ4n) is 2.87. The summed E-state index contributed by atoms with van der Waals surface area (Å²) >= 11 is 7.19. The maximum atomic E-state index is 12.5. The molecule has 0 atom stereocenters. The van der Waals surface area contributed by atoms with Crippen LogP contribution in [-0.2, 0) is 0 Å². The molecule has 0 aliphatic heterocycles. The summed E-state index contributed by atoms with van der Waals surface area (Å²) in [5.74, 6) is -1.32. The van der Waals surface area contributed by atoms with Crippen molar-refractivity contribution in [1.82, 2.24) is 4.57 Å². The number of carboxylic acid groups (broad SMARTS) is 1. The number of hydrogen-bond donors (Lipinski definition) is 1. The van der Waals surface area contributed by atoms with Crippen molar-refractivity contribution in [2.45, 2.75) is 0 Å². The zero-order chi connectivity index (χ0) is 19.0. The Morgan fingerprint density at radius 2 is 1.68 bits per heavy atom. The van der Waals surface area contributed by atoms with E-state index in [1.807, 2.05) is 18.2 Å². The SMILES string of the molecule is O=C([O-])c1sc2c(ccc(=O)n2-c2ccccc2)c1Nc1ccccc1Cl.[Na+]. The Balaban J connectivity index is 0.00000225. The fourth-order valence-corrected chi connectivity index (χ4v) is 4.16. The first-order valence-electron chi connectivity index (χ1n) is 8.03. The number of pyridine rings is 1. The van der Waals surface area contributed by atoms with E-state index in [2.05, 4.69) is 5.32 Å². The van der Waals surface area contributed by atoms with Crippen LogP contribution in [0.2, 0.25) is 5.02 Å². The molecule has 0 saturated heterocycles. The molecule has 8 heteroatoms. The van der Waals surface area contributed by atoms with Crippen molar-refractivity contribution in [3.05, 3.63) is 87.0 Å². The first-order valence-corrected chi connectivity index (χ1v) is 9.22. The number of thiophene rings is 1. The molecule has 2 heterocycles. The minimum Gasteiger partial charge on any atom is -0.544 e. The van der Waals surface area contributed by atoms with Gasteiger partial charge >= 0.3 is 29.6 Å². The van der Waals surface area contributed by atoms with E-state index < -0.39 is 5.97 Å². The van der Waals surface area contributed by atoms with Crippen LogP contribution in [-0.4, -0.2) is 10.5 Å². The number of aromatic nitrogens is 1. The van der Waals surface area contributed by atoms with Gasteiger partial charge in [0.1, 0.15) is 4.83 Å². The zero-order valence-corrected chi connectivity index (χ0v) is 18.4. The molecule has 4 rings (SSSR count). The van der Waals surface area contributed by atoms with Crippen LogP contribution in [0.25, 0.3) is 15.9 Å². The molecule has 0 saturated carbocycles. The number of carbonyl (C=O) groups is 1. The quantitative estimate of drug-likeness (QED) is 0.498. The molecule has 28 heavy (non-hydrogen) atoms. The number of fused-ring (bicyclic) bond motifs is 1. The van der Waals surface area contributed by atoms with Gasteiger partial charge in [-0.3, -0.25) is 9.36 Å². The van der Waals surface area contributed by atoms with Crippen molar-refractivity contribution in [2.24, 2.45) is 0 Å².